The summed E-state index contributed by atoms with van der Waals surface area (Å²) < 4.78 is 26.3. The van der Waals surface area contributed by atoms with Gasteiger partial charge in [-0.25, -0.2) is 12.7 Å². The summed E-state index contributed by atoms with van der Waals surface area (Å²) in [5.74, 6) is 2.64. The molecular weight excluding hydrogens is 485 g/mol. The molecule has 2 aliphatic heterocycles. The van der Waals surface area contributed by atoms with Crippen molar-refractivity contribution in [1.29, 1.82) is 0 Å². The van der Waals surface area contributed by atoms with E-state index < -0.39 is 10.0 Å². The van der Waals surface area contributed by atoms with Crippen LogP contribution in [0, 0.1) is 0 Å². The van der Waals surface area contributed by atoms with E-state index in [0.29, 0.717) is 31.6 Å². The average molecular weight is 518 g/mol. The molecule has 0 atom stereocenters. The van der Waals surface area contributed by atoms with Crippen LogP contribution in [-0.2, 0) is 10.0 Å². The van der Waals surface area contributed by atoms with Crippen LogP contribution in [-0.4, -0.2) is 92.7 Å². The number of halogens is 1. The molecule has 2 heterocycles. The standard InChI is InChI=1S/C16H31N5O2S2.HI/c1-17-16(19-14-4-7-20(8-5-14)15-2-3-15)18-6-13-25(22,23)21-9-11-24-12-10-21;/h14-15H,2-13H2,1H3,(H2,17,18,19);1H. The first kappa shape index (κ1) is 22.5. The van der Waals surface area contributed by atoms with Gasteiger partial charge < -0.3 is 15.5 Å². The van der Waals surface area contributed by atoms with E-state index in [1.54, 1.807) is 11.4 Å². The minimum atomic E-state index is -3.16. The second kappa shape index (κ2) is 10.7. The lowest BCUT2D eigenvalue weighted by atomic mass is 10.1. The lowest BCUT2D eigenvalue weighted by molar-refractivity contribution is 0.197. The smallest absolute Gasteiger partial charge is 0.215 e. The highest BCUT2D eigenvalue weighted by molar-refractivity contribution is 14.0. The molecule has 0 aromatic rings. The molecule has 0 amide bonds. The molecule has 0 aromatic heterocycles. The van der Waals surface area contributed by atoms with Crippen molar-refractivity contribution in [3.8, 4) is 0 Å². The van der Waals surface area contributed by atoms with Crippen molar-refractivity contribution in [3.05, 3.63) is 0 Å². The van der Waals surface area contributed by atoms with E-state index in [9.17, 15) is 8.42 Å². The Hall–Kier alpha value is 0.220. The van der Waals surface area contributed by atoms with E-state index >= 15 is 0 Å². The van der Waals surface area contributed by atoms with Gasteiger partial charge in [0.25, 0.3) is 0 Å². The van der Waals surface area contributed by atoms with Crippen LogP contribution in [0.3, 0.4) is 0 Å². The van der Waals surface area contributed by atoms with Crippen molar-refractivity contribution in [2.45, 2.75) is 37.8 Å². The Morgan fingerprint density at radius 2 is 1.77 bits per heavy atom. The Labute approximate surface area is 179 Å². The third-order valence-electron chi connectivity index (χ3n) is 5.17. The van der Waals surface area contributed by atoms with Gasteiger partial charge in [0.1, 0.15) is 0 Å². The summed E-state index contributed by atoms with van der Waals surface area (Å²) in [5, 5.41) is 6.62. The molecule has 2 saturated heterocycles. The largest absolute Gasteiger partial charge is 0.355 e. The van der Waals surface area contributed by atoms with Crippen LogP contribution >= 0.6 is 35.7 Å². The maximum atomic E-state index is 12.4. The molecule has 26 heavy (non-hydrogen) atoms. The topological polar surface area (TPSA) is 77.0 Å². The van der Waals surface area contributed by atoms with Crippen LogP contribution in [0.2, 0.25) is 0 Å². The van der Waals surface area contributed by atoms with Crippen molar-refractivity contribution < 1.29 is 8.42 Å². The molecule has 3 fully saturated rings. The third-order valence-corrected chi connectivity index (χ3v) is 7.99. The van der Waals surface area contributed by atoms with Crippen LogP contribution in [0.1, 0.15) is 25.7 Å². The number of guanidine groups is 1. The molecule has 152 valence electrons. The molecule has 7 nitrogen and oxygen atoms in total. The average Bonchev–Trinajstić information content (AvgIpc) is 3.47. The molecule has 0 radical (unpaired) electrons. The van der Waals surface area contributed by atoms with Crippen molar-refractivity contribution in [2.24, 2.45) is 4.99 Å². The zero-order valence-electron chi connectivity index (χ0n) is 15.5. The summed E-state index contributed by atoms with van der Waals surface area (Å²) >= 11 is 1.82. The van der Waals surface area contributed by atoms with Gasteiger partial charge in [-0.1, -0.05) is 0 Å². The van der Waals surface area contributed by atoms with Crippen molar-refractivity contribution in [3.63, 3.8) is 0 Å². The molecule has 2 N–H and O–H groups in total. The van der Waals surface area contributed by atoms with Gasteiger partial charge in [-0.2, -0.15) is 11.8 Å². The second-order valence-electron chi connectivity index (χ2n) is 7.01. The molecule has 0 spiro atoms. The Kier molecular flexibility index (Phi) is 9.25. The van der Waals surface area contributed by atoms with Gasteiger partial charge in [-0.15, -0.1) is 24.0 Å². The van der Waals surface area contributed by atoms with E-state index in [-0.39, 0.29) is 29.7 Å². The van der Waals surface area contributed by atoms with Gasteiger partial charge in [-0.3, -0.25) is 4.99 Å². The third kappa shape index (κ3) is 6.68. The van der Waals surface area contributed by atoms with Crippen LogP contribution in [0.4, 0.5) is 0 Å². The Bertz CT molecular complexity index is 557. The highest BCUT2D eigenvalue weighted by Crippen LogP contribution is 2.29. The minimum Gasteiger partial charge on any atom is -0.355 e. The Balaban J connectivity index is 0.00000243. The fraction of sp³-hybridized carbons (Fsp3) is 0.938. The molecule has 3 aliphatic rings. The predicted molar refractivity (Wildman–Crippen MR) is 120 cm³/mol. The van der Waals surface area contributed by atoms with Crippen molar-refractivity contribution in [2.75, 3.05) is 57.0 Å². The quantitative estimate of drug-likeness (QED) is 0.308. The van der Waals surface area contributed by atoms with Gasteiger partial charge in [0.15, 0.2) is 5.96 Å². The molecule has 3 rings (SSSR count). The fourth-order valence-corrected chi connectivity index (χ4v) is 5.98. The van der Waals surface area contributed by atoms with Gasteiger partial charge in [-0.05, 0) is 25.7 Å². The number of nitrogens with one attached hydrogen (secondary N) is 2. The first-order valence-corrected chi connectivity index (χ1v) is 12.1. The molecule has 10 heteroatoms. The van der Waals surface area contributed by atoms with Crippen LogP contribution in [0.5, 0.6) is 0 Å². The number of aliphatic imine (C=N–C) groups is 1. The number of likely N-dealkylation sites (tertiary alicyclic amines) is 1. The number of piperidine rings is 1. The fourth-order valence-electron chi connectivity index (χ4n) is 3.49. The second-order valence-corrected chi connectivity index (χ2v) is 10.3. The van der Waals surface area contributed by atoms with Crippen LogP contribution in [0.25, 0.3) is 0 Å². The van der Waals surface area contributed by atoms with E-state index in [1.165, 1.54) is 12.8 Å². The molecular formula is C16H32IN5O2S2. The van der Waals surface area contributed by atoms with Gasteiger partial charge in [0, 0.05) is 63.4 Å². The highest BCUT2D eigenvalue weighted by Gasteiger charge is 2.32. The van der Waals surface area contributed by atoms with E-state index in [4.69, 9.17) is 0 Å². The van der Waals surface area contributed by atoms with E-state index in [2.05, 4.69) is 20.5 Å². The maximum absolute atomic E-state index is 12.4. The summed E-state index contributed by atoms with van der Waals surface area (Å²) in [6, 6.07) is 1.27. The number of nitrogens with zero attached hydrogens (tertiary/aromatic N) is 3. The zero-order valence-corrected chi connectivity index (χ0v) is 19.5. The van der Waals surface area contributed by atoms with Gasteiger partial charge in [0.2, 0.25) is 10.0 Å². The van der Waals surface area contributed by atoms with Gasteiger partial charge >= 0.3 is 0 Å². The molecule has 0 bridgehead atoms. The Morgan fingerprint density at radius 3 is 2.35 bits per heavy atom. The van der Waals surface area contributed by atoms with Crippen LogP contribution in [0.15, 0.2) is 4.99 Å². The molecule has 0 aromatic carbocycles. The summed E-state index contributed by atoms with van der Waals surface area (Å²) in [7, 11) is -1.42. The first-order chi connectivity index (χ1) is 12.1. The normalized spacial score (nSPS) is 24.1. The number of sulfonamides is 1. The maximum Gasteiger partial charge on any atom is 0.215 e. The lowest BCUT2D eigenvalue weighted by Gasteiger charge is -2.33. The molecule has 0 unspecified atom stereocenters. The zero-order chi connectivity index (χ0) is 17.7. The van der Waals surface area contributed by atoms with Crippen molar-refractivity contribution in [1.82, 2.24) is 19.8 Å². The summed E-state index contributed by atoms with van der Waals surface area (Å²) in [4.78, 5) is 6.84. The van der Waals surface area contributed by atoms with Crippen LogP contribution < -0.4 is 10.6 Å². The Morgan fingerprint density at radius 1 is 1.12 bits per heavy atom. The number of thioether (sulfide) groups is 1. The first-order valence-electron chi connectivity index (χ1n) is 9.35. The van der Waals surface area contributed by atoms with Gasteiger partial charge in [0.05, 0.1) is 5.75 Å². The van der Waals surface area contributed by atoms with E-state index in [1.807, 2.05) is 11.8 Å². The van der Waals surface area contributed by atoms with E-state index in [0.717, 1.165) is 43.5 Å². The summed E-state index contributed by atoms with van der Waals surface area (Å²) in [5.41, 5.74) is 0. The minimum absolute atomic E-state index is 0. The molecule has 1 aliphatic carbocycles. The lowest BCUT2D eigenvalue weighted by Crippen LogP contribution is -2.50. The highest BCUT2D eigenvalue weighted by atomic mass is 127. The number of hydrogen-bond acceptors (Lipinski definition) is 5. The SMILES string of the molecule is CN=C(NCCS(=O)(=O)N1CCSCC1)NC1CCN(C2CC2)CC1.I. The molecule has 1 saturated carbocycles. The van der Waals surface area contributed by atoms with Crippen molar-refractivity contribution >= 4 is 51.7 Å². The monoisotopic (exact) mass is 517 g/mol. The summed E-state index contributed by atoms with van der Waals surface area (Å²) in [6.07, 6.45) is 4.99. The number of rotatable bonds is 6. The predicted octanol–water partition coefficient (Wildman–Crippen LogP) is 0.775. The summed E-state index contributed by atoms with van der Waals surface area (Å²) in [6.45, 7) is 3.98. The number of hydrogen-bond donors (Lipinski definition) is 2.